The first-order valence-electron chi connectivity index (χ1n) is 7.67. The molecule has 0 radical (unpaired) electrons. The lowest BCUT2D eigenvalue weighted by atomic mass is 10.0. The zero-order valence-corrected chi connectivity index (χ0v) is 14.9. The van der Waals surface area contributed by atoms with E-state index in [1.165, 1.54) is 11.5 Å². The van der Waals surface area contributed by atoms with Gasteiger partial charge < -0.3 is 10.1 Å². The van der Waals surface area contributed by atoms with Gasteiger partial charge in [0.1, 0.15) is 10.6 Å². The number of benzene rings is 1. The highest BCUT2D eigenvalue weighted by atomic mass is 32.1. The van der Waals surface area contributed by atoms with Crippen molar-refractivity contribution < 1.29 is 9.53 Å². The number of carbonyl (C=O) groups excluding carboxylic acids is 1. The second-order valence-corrected chi connectivity index (χ2v) is 6.54. The average molecular weight is 341 g/mol. The van der Waals surface area contributed by atoms with Crippen LogP contribution in [0.1, 0.15) is 40.1 Å². The lowest BCUT2D eigenvalue weighted by Gasteiger charge is -2.18. The third kappa shape index (κ3) is 3.10. The van der Waals surface area contributed by atoms with Gasteiger partial charge in [-0.3, -0.25) is 4.79 Å². The Hall–Kier alpha value is -2.47. The number of hydrogen-bond donors (Lipinski definition) is 1. The van der Waals surface area contributed by atoms with Crippen LogP contribution in [-0.2, 0) is 0 Å². The van der Waals surface area contributed by atoms with Gasteiger partial charge in [-0.25, -0.2) is 4.98 Å². The highest BCUT2D eigenvalue weighted by Crippen LogP contribution is 2.27. The van der Waals surface area contributed by atoms with E-state index in [2.05, 4.69) is 14.7 Å². The van der Waals surface area contributed by atoms with E-state index < -0.39 is 0 Å². The monoisotopic (exact) mass is 341 g/mol. The van der Waals surface area contributed by atoms with Gasteiger partial charge >= 0.3 is 0 Å². The quantitative estimate of drug-likeness (QED) is 0.784. The largest absolute Gasteiger partial charge is 0.496 e. The Balaban J connectivity index is 1.85. The summed E-state index contributed by atoms with van der Waals surface area (Å²) in [5.74, 6) is 0.603. The van der Waals surface area contributed by atoms with Crippen LogP contribution in [0.5, 0.6) is 5.75 Å². The summed E-state index contributed by atoms with van der Waals surface area (Å²) < 4.78 is 9.67. The number of aromatic nitrogens is 2. The van der Waals surface area contributed by atoms with Gasteiger partial charge in [0.25, 0.3) is 5.91 Å². The van der Waals surface area contributed by atoms with Crippen LogP contribution in [0.25, 0.3) is 10.2 Å². The van der Waals surface area contributed by atoms with Crippen molar-refractivity contribution in [3.63, 3.8) is 0 Å². The van der Waals surface area contributed by atoms with Crippen molar-refractivity contribution in [1.82, 2.24) is 14.7 Å². The number of fused-ring (bicyclic) bond motifs is 1. The molecule has 0 saturated carbocycles. The van der Waals surface area contributed by atoms with Gasteiger partial charge in [0.2, 0.25) is 0 Å². The molecule has 0 aliphatic rings. The lowest BCUT2D eigenvalue weighted by molar-refractivity contribution is 0.0939. The summed E-state index contributed by atoms with van der Waals surface area (Å²) in [7, 11) is 1.63. The van der Waals surface area contributed by atoms with Crippen molar-refractivity contribution >= 4 is 27.7 Å². The maximum Gasteiger partial charge on any atom is 0.253 e. The minimum absolute atomic E-state index is 0.161. The summed E-state index contributed by atoms with van der Waals surface area (Å²) in [6.07, 6.45) is 1.59. The molecule has 0 spiro atoms. The average Bonchev–Trinajstić information content (AvgIpc) is 2.95. The van der Waals surface area contributed by atoms with Gasteiger partial charge in [-0.2, -0.15) is 4.37 Å². The number of aryl methyl sites for hydroxylation is 2. The summed E-state index contributed by atoms with van der Waals surface area (Å²) in [4.78, 5) is 17.7. The minimum Gasteiger partial charge on any atom is -0.496 e. The fourth-order valence-corrected chi connectivity index (χ4v) is 3.35. The van der Waals surface area contributed by atoms with Crippen molar-refractivity contribution in [1.29, 1.82) is 0 Å². The zero-order chi connectivity index (χ0) is 17.3. The second-order valence-electron chi connectivity index (χ2n) is 5.79. The van der Waals surface area contributed by atoms with Crippen LogP contribution >= 0.6 is 11.5 Å². The van der Waals surface area contributed by atoms with E-state index in [1.54, 1.807) is 13.3 Å². The number of pyridine rings is 1. The SMILES string of the molecule is COc1ccc(C)cc1C(C)NC(=O)c1cnc2snc(C)c2c1. The molecule has 0 fully saturated rings. The number of methoxy groups -OCH3 is 1. The molecule has 124 valence electrons. The lowest BCUT2D eigenvalue weighted by Crippen LogP contribution is -2.27. The molecule has 2 heterocycles. The van der Waals surface area contributed by atoms with Gasteiger partial charge in [0.05, 0.1) is 24.4 Å². The Morgan fingerprint density at radius 2 is 2.08 bits per heavy atom. The number of nitrogens with zero attached hydrogens (tertiary/aromatic N) is 2. The van der Waals surface area contributed by atoms with Crippen molar-refractivity contribution in [3.05, 3.63) is 52.8 Å². The molecule has 1 amide bonds. The van der Waals surface area contributed by atoms with E-state index in [-0.39, 0.29) is 11.9 Å². The predicted octanol–water partition coefficient (Wildman–Crippen LogP) is 3.81. The molecule has 5 nitrogen and oxygen atoms in total. The zero-order valence-electron chi connectivity index (χ0n) is 14.1. The molecule has 0 bridgehead atoms. The number of ether oxygens (including phenoxy) is 1. The van der Waals surface area contributed by atoms with E-state index in [0.717, 1.165) is 32.8 Å². The van der Waals surface area contributed by atoms with Crippen LogP contribution in [0.2, 0.25) is 0 Å². The summed E-state index contributed by atoms with van der Waals surface area (Å²) in [5, 5.41) is 3.94. The molecule has 6 heteroatoms. The minimum atomic E-state index is -0.176. The fraction of sp³-hybridized carbons (Fsp3) is 0.278. The Bertz CT molecular complexity index is 904. The number of hydrogen-bond acceptors (Lipinski definition) is 5. The first-order valence-corrected chi connectivity index (χ1v) is 8.44. The highest BCUT2D eigenvalue weighted by Gasteiger charge is 2.16. The van der Waals surface area contributed by atoms with E-state index in [0.29, 0.717) is 5.56 Å². The van der Waals surface area contributed by atoms with Gasteiger partial charge in [-0.15, -0.1) is 0 Å². The molecule has 3 rings (SSSR count). The molecule has 0 aliphatic carbocycles. The van der Waals surface area contributed by atoms with Crippen molar-refractivity contribution in [2.75, 3.05) is 7.11 Å². The molecule has 1 aromatic carbocycles. The first-order chi connectivity index (χ1) is 11.5. The van der Waals surface area contributed by atoms with Gasteiger partial charge in [-0.05, 0) is 44.4 Å². The standard InChI is InChI=1S/C18H19N3O2S/c1-10-5-6-16(23-4)14(7-10)11(2)20-17(22)13-8-15-12(3)21-24-18(15)19-9-13/h5-9,11H,1-4H3,(H,20,22). The molecule has 1 atom stereocenters. The van der Waals surface area contributed by atoms with Crippen molar-refractivity contribution in [2.45, 2.75) is 26.8 Å². The molecule has 3 aromatic rings. The topological polar surface area (TPSA) is 64.1 Å². The fourth-order valence-electron chi connectivity index (χ4n) is 2.62. The molecule has 1 N–H and O–H groups in total. The summed E-state index contributed by atoms with van der Waals surface area (Å²) in [6, 6.07) is 7.60. The maximum atomic E-state index is 12.6. The normalized spacial score (nSPS) is 12.2. The molecule has 2 aromatic heterocycles. The molecule has 24 heavy (non-hydrogen) atoms. The second kappa shape index (κ2) is 6.57. The number of carbonyl (C=O) groups is 1. The van der Waals surface area contributed by atoms with Crippen LogP contribution < -0.4 is 10.1 Å². The van der Waals surface area contributed by atoms with E-state index in [9.17, 15) is 4.79 Å². The Morgan fingerprint density at radius 3 is 2.83 bits per heavy atom. The van der Waals surface area contributed by atoms with Gasteiger partial charge in [0.15, 0.2) is 0 Å². The van der Waals surface area contributed by atoms with E-state index >= 15 is 0 Å². The summed E-state index contributed by atoms with van der Waals surface area (Å²) in [5.41, 5.74) is 3.50. The van der Waals surface area contributed by atoms with Crippen molar-refractivity contribution in [2.24, 2.45) is 0 Å². The maximum absolute atomic E-state index is 12.6. The number of rotatable bonds is 4. The third-order valence-electron chi connectivity index (χ3n) is 3.97. The van der Waals surface area contributed by atoms with Gasteiger partial charge in [0, 0.05) is 17.1 Å². The Labute approximate surface area is 144 Å². The summed E-state index contributed by atoms with van der Waals surface area (Å²) >= 11 is 1.34. The molecule has 1 unspecified atom stereocenters. The van der Waals surface area contributed by atoms with E-state index in [1.807, 2.05) is 45.0 Å². The highest BCUT2D eigenvalue weighted by molar-refractivity contribution is 7.12. The Kier molecular flexibility index (Phi) is 4.49. The smallest absolute Gasteiger partial charge is 0.253 e. The van der Waals surface area contributed by atoms with Crippen molar-refractivity contribution in [3.8, 4) is 5.75 Å². The predicted molar refractivity (Wildman–Crippen MR) is 95.8 cm³/mol. The molecular weight excluding hydrogens is 322 g/mol. The van der Waals surface area contributed by atoms with Crippen LogP contribution in [0.4, 0.5) is 0 Å². The molecular formula is C18H19N3O2S. The van der Waals surface area contributed by atoms with Crippen LogP contribution in [-0.4, -0.2) is 22.4 Å². The van der Waals surface area contributed by atoms with E-state index in [4.69, 9.17) is 4.74 Å². The Morgan fingerprint density at radius 1 is 1.29 bits per heavy atom. The number of nitrogens with one attached hydrogen (secondary N) is 1. The van der Waals surface area contributed by atoms with Crippen LogP contribution in [0.15, 0.2) is 30.5 Å². The van der Waals surface area contributed by atoms with Crippen LogP contribution in [0.3, 0.4) is 0 Å². The summed E-state index contributed by atoms with van der Waals surface area (Å²) in [6.45, 7) is 5.88. The third-order valence-corrected chi connectivity index (χ3v) is 4.83. The number of amides is 1. The van der Waals surface area contributed by atoms with Crippen LogP contribution in [0, 0.1) is 13.8 Å². The molecule has 0 saturated heterocycles. The first kappa shape index (κ1) is 16.4. The van der Waals surface area contributed by atoms with Gasteiger partial charge in [-0.1, -0.05) is 17.7 Å². The molecule has 0 aliphatic heterocycles.